The summed E-state index contributed by atoms with van der Waals surface area (Å²) in [4.78, 5) is 23.3. The summed E-state index contributed by atoms with van der Waals surface area (Å²) < 4.78 is 10.8. The Morgan fingerprint density at radius 1 is 1.43 bits per heavy atom. The number of ether oxygens (including phenoxy) is 2. The highest BCUT2D eigenvalue weighted by Crippen LogP contribution is 2.29. The van der Waals surface area contributed by atoms with Crippen LogP contribution in [0.3, 0.4) is 0 Å². The summed E-state index contributed by atoms with van der Waals surface area (Å²) in [5, 5.41) is 11.8. The molecule has 6 heteroatoms. The van der Waals surface area contributed by atoms with Crippen LogP contribution < -0.4 is 5.32 Å². The Balaban J connectivity index is 2.03. The number of rotatable bonds is 7. The fraction of sp³-hybridized carbons (Fsp3) is 0.529. The minimum Gasteiger partial charge on any atom is -0.481 e. The number of benzene rings is 1. The Morgan fingerprint density at radius 3 is 2.87 bits per heavy atom. The van der Waals surface area contributed by atoms with Crippen molar-refractivity contribution in [3.05, 3.63) is 35.4 Å². The third-order valence-electron chi connectivity index (χ3n) is 3.91. The molecule has 1 aliphatic heterocycles. The monoisotopic (exact) mass is 321 g/mol. The number of amides is 1. The van der Waals surface area contributed by atoms with Gasteiger partial charge in [-0.2, -0.15) is 0 Å². The summed E-state index contributed by atoms with van der Waals surface area (Å²) in [5.41, 5.74) is 1.29. The molecule has 126 valence electrons. The van der Waals surface area contributed by atoms with Crippen molar-refractivity contribution >= 4 is 11.9 Å². The van der Waals surface area contributed by atoms with Crippen LogP contribution >= 0.6 is 0 Å². The van der Waals surface area contributed by atoms with Gasteiger partial charge in [0.25, 0.3) is 0 Å². The number of nitrogens with one attached hydrogen (secondary N) is 1. The average molecular weight is 321 g/mol. The van der Waals surface area contributed by atoms with Crippen LogP contribution in [0, 0.1) is 0 Å². The highest BCUT2D eigenvalue weighted by atomic mass is 16.5. The maximum atomic E-state index is 12.4. The second-order valence-corrected chi connectivity index (χ2v) is 6.12. The molecule has 0 radical (unpaired) electrons. The maximum absolute atomic E-state index is 12.4. The molecule has 2 rings (SSSR count). The van der Waals surface area contributed by atoms with Crippen molar-refractivity contribution < 1.29 is 24.2 Å². The Kier molecular flexibility index (Phi) is 5.74. The lowest BCUT2D eigenvalue weighted by atomic mass is 9.94. The van der Waals surface area contributed by atoms with Gasteiger partial charge in [-0.1, -0.05) is 24.3 Å². The zero-order valence-corrected chi connectivity index (χ0v) is 13.5. The molecule has 0 saturated carbocycles. The number of carboxylic acid groups (broad SMARTS) is 1. The normalized spacial score (nSPS) is 19.5. The van der Waals surface area contributed by atoms with Gasteiger partial charge in [0.1, 0.15) is 0 Å². The predicted molar refractivity (Wildman–Crippen MR) is 84.1 cm³/mol. The number of methoxy groups -OCH3 is 1. The lowest BCUT2D eigenvalue weighted by Crippen LogP contribution is -2.51. The SMILES string of the molecule is COCC(C)(CC(=O)O)NC(=O)CC1OCCc2ccccc21. The van der Waals surface area contributed by atoms with Crippen molar-refractivity contribution in [2.24, 2.45) is 0 Å². The topological polar surface area (TPSA) is 84.9 Å². The quantitative estimate of drug-likeness (QED) is 0.798. The lowest BCUT2D eigenvalue weighted by molar-refractivity contribution is -0.139. The van der Waals surface area contributed by atoms with Crippen LogP contribution in [-0.4, -0.2) is 42.8 Å². The zero-order valence-electron chi connectivity index (χ0n) is 13.5. The van der Waals surface area contributed by atoms with Gasteiger partial charge >= 0.3 is 5.97 Å². The van der Waals surface area contributed by atoms with Gasteiger partial charge < -0.3 is 19.9 Å². The second-order valence-electron chi connectivity index (χ2n) is 6.12. The molecule has 0 aliphatic carbocycles. The van der Waals surface area contributed by atoms with Crippen molar-refractivity contribution in [1.29, 1.82) is 0 Å². The van der Waals surface area contributed by atoms with Crippen LogP contribution in [0.5, 0.6) is 0 Å². The van der Waals surface area contributed by atoms with E-state index in [0.29, 0.717) is 6.61 Å². The molecule has 1 aliphatic rings. The van der Waals surface area contributed by atoms with Gasteiger partial charge in [0.2, 0.25) is 5.91 Å². The summed E-state index contributed by atoms with van der Waals surface area (Å²) in [5.74, 6) is -1.23. The van der Waals surface area contributed by atoms with E-state index < -0.39 is 11.5 Å². The molecule has 1 heterocycles. The second kappa shape index (κ2) is 7.57. The molecule has 0 fully saturated rings. The van der Waals surface area contributed by atoms with Crippen LogP contribution in [0.25, 0.3) is 0 Å². The molecule has 0 aromatic heterocycles. The van der Waals surface area contributed by atoms with Gasteiger partial charge in [-0.15, -0.1) is 0 Å². The number of hydrogen-bond donors (Lipinski definition) is 2. The summed E-state index contributed by atoms with van der Waals surface area (Å²) in [6.07, 6.45) is 0.510. The largest absolute Gasteiger partial charge is 0.481 e. The van der Waals surface area contributed by atoms with Gasteiger partial charge in [-0.3, -0.25) is 9.59 Å². The maximum Gasteiger partial charge on any atom is 0.305 e. The predicted octanol–water partition coefficient (Wildman–Crippen LogP) is 1.69. The molecular formula is C17H23NO5. The number of fused-ring (bicyclic) bond motifs is 1. The van der Waals surface area contributed by atoms with Crippen LogP contribution in [0.2, 0.25) is 0 Å². The smallest absolute Gasteiger partial charge is 0.305 e. The lowest BCUT2D eigenvalue weighted by Gasteiger charge is -2.30. The molecule has 2 atom stereocenters. The first-order valence-corrected chi connectivity index (χ1v) is 7.65. The van der Waals surface area contributed by atoms with Crippen molar-refractivity contribution in [1.82, 2.24) is 5.32 Å². The van der Waals surface area contributed by atoms with Gasteiger partial charge in [0.15, 0.2) is 0 Å². The number of carbonyl (C=O) groups is 2. The van der Waals surface area contributed by atoms with Crippen LogP contribution in [0.15, 0.2) is 24.3 Å². The average Bonchev–Trinajstić information content (AvgIpc) is 2.46. The highest BCUT2D eigenvalue weighted by molar-refractivity contribution is 5.79. The zero-order chi connectivity index (χ0) is 16.9. The van der Waals surface area contributed by atoms with E-state index in [1.54, 1.807) is 6.92 Å². The van der Waals surface area contributed by atoms with Gasteiger partial charge in [-0.05, 0) is 24.5 Å². The van der Waals surface area contributed by atoms with Crippen LogP contribution in [0.4, 0.5) is 0 Å². The summed E-state index contributed by atoms with van der Waals surface area (Å²) in [6.45, 7) is 2.38. The van der Waals surface area contributed by atoms with Gasteiger partial charge in [0, 0.05) is 7.11 Å². The van der Waals surface area contributed by atoms with Crippen LogP contribution in [-0.2, 0) is 25.5 Å². The molecule has 0 saturated heterocycles. The summed E-state index contributed by atoms with van der Waals surface area (Å²) in [7, 11) is 1.48. The van der Waals surface area contributed by atoms with Crippen molar-refractivity contribution in [3.8, 4) is 0 Å². The Morgan fingerprint density at radius 2 is 2.17 bits per heavy atom. The fourth-order valence-corrected chi connectivity index (χ4v) is 2.99. The fourth-order valence-electron chi connectivity index (χ4n) is 2.99. The van der Waals surface area contributed by atoms with Crippen molar-refractivity contribution in [2.75, 3.05) is 20.3 Å². The molecule has 23 heavy (non-hydrogen) atoms. The molecule has 1 amide bonds. The third-order valence-corrected chi connectivity index (χ3v) is 3.91. The minimum absolute atomic E-state index is 0.132. The highest BCUT2D eigenvalue weighted by Gasteiger charge is 2.31. The van der Waals surface area contributed by atoms with E-state index in [2.05, 4.69) is 5.32 Å². The number of hydrogen-bond acceptors (Lipinski definition) is 4. The minimum atomic E-state index is -0.982. The van der Waals surface area contributed by atoms with Crippen molar-refractivity contribution in [3.63, 3.8) is 0 Å². The van der Waals surface area contributed by atoms with Crippen LogP contribution in [0.1, 0.15) is 37.0 Å². The molecule has 2 N–H and O–H groups in total. The van der Waals surface area contributed by atoms with E-state index >= 15 is 0 Å². The molecule has 1 aromatic rings. The van der Waals surface area contributed by atoms with E-state index in [-0.39, 0.29) is 31.5 Å². The number of carbonyl (C=O) groups excluding carboxylic acids is 1. The molecule has 6 nitrogen and oxygen atoms in total. The van der Waals surface area contributed by atoms with E-state index in [0.717, 1.165) is 12.0 Å². The number of carboxylic acids is 1. The Labute approximate surface area is 135 Å². The van der Waals surface area contributed by atoms with E-state index in [1.165, 1.54) is 12.7 Å². The number of aliphatic carboxylic acids is 1. The van der Waals surface area contributed by atoms with Gasteiger partial charge in [-0.25, -0.2) is 0 Å². The molecular weight excluding hydrogens is 298 g/mol. The first-order chi connectivity index (χ1) is 10.9. The van der Waals surface area contributed by atoms with Gasteiger partial charge in [0.05, 0.1) is 37.7 Å². The molecule has 0 bridgehead atoms. The molecule has 0 spiro atoms. The van der Waals surface area contributed by atoms with E-state index in [9.17, 15) is 9.59 Å². The first-order valence-electron chi connectivity index (χ1n) is 7.65. The molecule has 1 aromatic carbocycles. The van der Waals surface area contributed by atoms with E-state index in [1.807, 2.05) is 24.3 Å². The standard InChI is InChI=1S/C17H23NO5/c1-17(11-22-2,10-16(20)21)18-15(19)9-14-13-6-4-3-5-12(13)7-8-23-14/h3-6,14H,7-11H2,1-2H3,(H,18,19)(H,20,21). The van der Waals surface area contributed by atoms with Crippen molar-refractivity contribution in [2.45, 2.75) is 37.8 Å². The summed E-state index contributed by atoms with van der Waals surface area (Å²) in [6, 6.07) is 7.92. The first kappa shape index (κ1) is 17.4. The van der Waals surface area contributed by atoms with E-state index in [4.69, 9.17) is 14.6 Å². The molecule has 2 unspecified atom stereocenters. The Hall–Kier alpha value is -1.92. The summed E-state index contributed by atoms with van der Waals surface area (Å²) >= 11 is 0. The third kappa shape index (κ3) is 4.77. The Bertz CT molecular complexity index is 574.